The summed E-state index contributed by atoms with van der Waals surface area (Å²) in [7, 11) is 0. The average Bonchev–Trinajstić information content (AvgIpc) is 3.34. The summed E-state index contributed by atoms with van der Waals surface area (Å²) >= 11 is 1.62. The van der Waals surface area contributed by atoms with Crippen molar-refractivity contribution in [2.45, 2.75) is 19.3 Å². The largest absolute Gasteiger partial charge is 0.438 e. The van der Waals surface area contributed by atoms with Crippen molar-refractivity contribution in [1.29, 1.82) is 0 Å². The maximum Gasteiger partial charge on any atom is 0.247 e. The molecule has 3 aromatic heterocycles. The van der Waals surface area contributed by atoms with Crippen molar-refractivity contribution in [3.63, 3.8) is 0 Å². The minimum absolute atomic E-state index is 0.276. The monoisotopic (exact) mass is 514 g/mol. The number of hydrogen-bond donors (Lipinski definition) is 3. The minimum atomic E-state index is -0.276. The summed E-state index contributed by atoms with van der Waals surface area (Å²) in [6.07, 6.45) is 8.77. The first-order valence-electron chi connectivity index (χ1n) is 12.5. The summed E-state index contributed by atoms with van der Waals surface area (Å²) in [5.41, 5.74) is 1.54. The number of benzene rings is 1. The van der Waals surface area contributed by atoms with E-state index >= 15 is 0 Å². The maximum absolute atomic E-state index is 11.6. The molecule has 1 aliphatic rings. The van der Waals surface area contributed by atoms with Gasteiger partial charge >= 0.3 is 0 Å². The van der Waals surface area contributed by atoms with Crippen molar-refractivity contribution in [2.75, 3.05) is 42.1 Å². The van der Waals surface area contributed by atoms with Crippen LogP contribution in [0.1, 0.15) is 19.3 Å². The van der Waals surface area contributed by atoms with E-state index in [1.807, 2.05) is 42.6 Å². The fourth-order valence-corrected chi connectivity index (χ4v) is 5.23. The van der Waals surface area contributed by atoms with Gasteiger partial charge in [-0.15, -0.1) is 11.3 Å². The number of thiophene rings is 1. The predicted molar refractivity (Wildman–Crippen MR) is 151 cm³/mol. The Bertz CT molecular complexity index is 1360. The lowest BCUT2D eigenvalue weighted by Gasteiger charge is -2.26. The van der Waals surface area contributed by atoms with Crippen LogP contribution in [0.3, 0.4) is 0 Å². The van der Waals surface area contributed by atoms with Crippen LogP contribution in [0.2, 0.25) is 0 Å². The molecule has 1 amide bonds. The van der Waals surface area contributed by atoms with Gasteiger partial charge in [-0.1, -0.05) is 19.1 Å². The molecule has 37 heavy (non-hydrogen) atoms. The zero-order chi connectivity index (χ0) is 25.5. The highest BCUT2D eigenvalue weighted by atomic mass is 32.1. The summed E-state index contributed by atoms with van der Waals surface area (Å²) in [6.45, 7) is 7.84. The molecule has 8 nitrogen and oxygen atoms in total. The van der Waals surface area contributed by atoms with Crippen LogP contribution in [-0.2, 0) is 4.79 Å². The predicted octanol–water partition coefficient (Wildman–Crippen LogP) is 6.25. The molecule has 3 N–H and O–H groups in total. The second-order valence-electron chi connectivity index (χ2n) is 8.85. The molecule has 9 heteroatoms. The fourth-order valence-electron chi connectivity index (χ4n) is 4.26. The molecule has 0 radical (unpaired) electrons. The molecule has 0 unspecified atom stereocenters. The van der Waals surface area contributed by atoms with Gasteiger partial charge in [0.2, 0.25) is 11.8 Å². The molecule has 1 saturated heterocycles. The molecule has 0 atom stereocenters. The van der Waals surface area contributed by atoms with E-state index in [4.69, 9.17) is 4.74 Å². The second-order valence-corrected chi connectivity index (χ2v) is 9.93. The Morgan fingerprint density at radius 3 is 2.78 bits per heavy atom. The number of fused-ring (bicyclic) bond motifs is 1. The highest BCUT2D eigenvalue weighted by molar-refractivity contribution is 7.22. The molecule has 190 valence electrons. The van der Waals surface area contributed by atoms with Gasteiger partial charge in [0.05, 0.1) is 22.3 Å². The zero-order valence-electron chi connectivity index (χ0n) is 20.6. The first kappa shape index (κ1) is 24.7. The SMILES string of the molecule is C=CC(=O)Nc1cccc(Oc2nccc3sc(Nc4ccc(NCCN5CCCCC5)nc4)cc23)c1. The molecular formula is C28H30N6O2S. The van der Waals surface area contributed by atoms with Crippen molar-refractivity contribution < 1.29 is 9.53 Å². The van der Waals surface area contributed by atoms with Gasteiger partial charge in [0.15, 0.2) is 0 Å². The Morgan fingerprint density at radius 2 is 1.97 bits per heavy atom. The number of anilines is 4. The Kier molecular flexibility index (Phi) is 7.93. The first-order valence-corrected chi connectivity index (χ1v) is 13.3. The van der Waals surface area contributed by atoms with Crippen LogP contribution >= 0.6 is 11.3 Å². The highest BCUT2D eigenvalue weighted by Gasteiger charge is 2.12. The summed E-state index contributed by atoms with van der Waals surface area (Å²) in [4.78, 5) is 23.1. The van der Waals surface area contributed by atoms with Gasteiger partial charge in [0, 0.05) is 35.7 Å². The number of nitrogens with zero attached hydrogens (tertiary/aromatic N) is 3. The van der Waals surface area contributed by atoms with Crippen LogP contribution in [0.5, 0.6) is 11.6 Å². The lowest BCUT2D eigenvalue weighted by Crippen LogP contribution is -2.33. The quantitative estimate of drug-likeness (QED) is 0.216. The third-order valence-electron chi connectivity index (χ3n) is 6.12. The summed E-state index contributed by atoms with van der Waals surface area (Å²) in [6, 6.07) is 15.2. The third-order valence-corrected chi connectivity index (χ3v) is 7.14. The van der Waals surface area contributed by atoms with Crippen molar-refractivity contribution in [3.8, 4) is 11.6 Å². The van der Waals surface area contributed by atoms with Crippen LogP contribution in [-0.4, -0.2) is 47.0 Å². The number of aromatic nitrogens is 2. The molecule has 0 spiro atoms. The normalized spacial score (nSPS) is 13.7. The topological polar surface area (TPSA) is 91.4 Å². The number of carbonyl (C=O) groups is 1. The molecule has 0 aliphatic carbocycles. The van der Waals surface area contributed by atoms with E-state index in [0.717, 1.165) is 39.7 Å². The number of amides is 1. The van der Waals surface area contributed by atoms with E-state index in [0.29, 0.717) is 17.3 Å². The number of ether oxygens (including phenoxy) is 1. The Morgan fingerprint density at radius 1 is 1.08 bits per heavy atom. The lowest BCUT2D eigenvalue weighted by atomic mass is 10.1. The zero-order valence-corrected chi connectivity index (χ0v) is 21.4. The number of likely N-dealkylation sites (tertiary alicyclic amines) is 1. The Balaban J connectivity index is 1.22. The van der Waals surface area contributed by atoms with Gasteiger partial charge in [-0.05, 0) is 68.4 Å². The van der Waals surface area contributed by atoms with Crippen LogP contribution in [0.15, 0.2) is 73.6 Å². The van der Waals surface area contributed by atoms with Crippen molar-refractivity contribution in [1.82, 2.24) is 14.9 Å². The van der Waals surface area contributed by atoms with E-state index < -0.39 is 0 Å². The van der Waals surface area contributed by atoms with Gasteiger partial charge < -0.3 is 25.6 Å². The lowest BCUT2D eigenvalue weighted by molar-refractivity contribution is -0.111. The summed E-state index contributed by atoms with van der Waals surface area (Å²) < 4.78 is 7.12. The molecule has 1 aromatic carbocycles. The van der Waals surface area contributed by atoms with E-state index in [9.17, 15) is 4.79 Å². The van der Waals surface area contributed by atoms with E-state index in [1.54, 1.807) is 29.7 Å². The second kappa shape index (κ2) is 11.9. The minimum Gasteiger partial charge on any atom is -0.438 e. The Hall–Kier alpha value is -3.95. The standard InChI is InChI=1S/C28H30N6O2S/c1-2-26(35)32-20-7-6-8-22(17-20)36-28-23-18-27(37-24(23)11-12-30-28)33-21-9-10-25(31-19-21)29-13-16-34-14-4-3-5-15-34/h2,6-12,17-19,33H,1,3-5,13-16H2,(H,29,31)(H,32,35). The Labute approximate surface area is 220 Å². The number of nitrogens with one attached hydrogen (secondary N) is 3. The number of rotatable bonds is 10. The van der Waals surface area contributed by atoms with Gasteiger partial charge in [0.1, 0.15) is 11.6 Å². The van der Waals surface area contributed by atoms with E-state index in [-0.39, 0.29) is 5.91 Å². The van der Waals surface area contributed by atoms with E-state index in [1.165, 1.54) is 38.4 Å². The smallest absolute Gasteiger partial charge is 0.247 e. The van der Waals surface area contributed by atoms with Gasteiger partial charge in [0.25, 0.3) is 0 Å². The van der Waals surface area contributed by atoms with Crippen LogP contribution in [0.4, 0.5) is 22.2 Å². The van der Waals surface area contributed by atoms with Crippen LogP contribution in [0.25, 0.3) is 10.1 Å². The molecular weight excluding hydrogens is 484 g/mol. The van der Waals surface area contributed by atoms with Crippen molar-refractivity contribution in [2.24, 2.45) is 0 Å². The third kappa shape index (κ3) is 6.63. The van der Waals surface area contributed by atoms with E-state index in [2.05, 4.69) is 37.4 Å². The molecule has 5 rings (SSSR count). The van der Waals surface area contributed by atoms with Gasteiger partial charge in [-0.3, -0.25) is 4.79 Å². The van der Waals surface area contributed by atoms with Crippen molar-refractivity contribution >= 4 is 49.5 Å². The number of carbonyl (C=O) groups excluding carboxylic acids is 1. The summed E-state index contributed by atoms with van der Waals surface area (Å²) in [5, 5.41) is 11.5. The average molecular weight is 515 g/mol. The van der Waals surface area contributed by atoms with Gasteiger partial charge in [-0.25, -0.2) is 9.97 Å². The van der Waals surface area contributed by atoms with Crippen molar-refractivity contribution in [3.05, 3.63) is 73.6 Å². The molecule has 4 heterocycles. The summed E-state index contributed by atoms with van der Waals surface area (Å²) in [5.74, 6) is 1.68. The molecule has 4 aromatic rings. The number of pyridine rings is 2. The first-order chi connectivity index (χ1) is 18.2. The molecule has 0 bridgehead atoms. The number of piperidine rings is 1. The van der Waals surface area contributed by atoms with Gasteiger partial charge in [-0.2, -0.15) is 0 Å². The molecule has 1 aliphatic heterocycles. The molecule has 1 fully saturated rings. The molecule has 0 saturated carbocycles. The number of hydrogen-bond acceptors (Lipinski definition) is 8. The fraction of sp³-hybridized carbons (Fsp3) is 0.250. The maximum atomic E-state index is 11.6. The van der Waals surface area contributed by atoms with Crippen LogP contribution in [0, 0.1) is 0 Å². The van der Waals surface area contributed by atoms with Crippen LogP contribution < -0.4 is 20.7 Å². The highest BCUT2D eigenvalue weighted by Crippen LogP contribution is 2.37.